The van der Waals surface area contributed by atoms with Crippen molar-refractivity contribution in [2.75, 3.05) is 31.6 Å². The summed E-state index contributed by atoms with van der Waals surface area (Å²) >= 11 is 12.2. The van der Waals surface area contributed by atoms with E-state index in [0.29, 0.717) is 47.5 Å². The van der Waals surface area contributed by atoms with Gasteiger partial charge in [0.15, 0.2) is 6.10 Å². The molecule has 0 aliphatic carbocycles. The summed E-state index contributed by atoms with van der Waals surface area (Å²) in [7, 11) is 0. The third kappa shape index (κ3) is 10.6. The van der Waals surface area contributed by atoms with Crippen LogP contribution in [0.15, 0.2) is 66.7 Å². The highest BCUT2D eigenvalue weighted by Crippen LogP contribution is 2.21. The number of carboxylic acid groups (broad SMARTS) is 1. The number of nitrogens with zero attached hydrogens (tertiary/aromatic N) is 2. The Morgan fingerprint density at radius 2 is 1.66 bits per heavy atom. The Bertz CT molecular complexity index is 1300. The van der Waals surface area contributed by atoms with Gasteiger partial charge in [0.1, 0.15) is 12.4 Å². The summed E-state index contributed by atoms with van der Waals surface area (Å²) in [6.45, 7) is 2.92. The zero-order valence-corrected chi connectivity index (χ0v) is 23.9. The largest absolute Gasteiger partial charge is 0.492 e. The molecule has 0 heterocycles. The molecule has 0 saturated carbocycles. The zero-order chi connectivity index (χ0) is 29.8. The summed E-state index contributed by atoms with van der Waals surface area (Å²) in [4.78, 5) is 36.5. The van der Waals surface area contributed by atoms with Crippen LogP contribution in [0.25, 0.3) is 0 Å². The average Bonchev–Trinajstić information content (AvgIpc) is 2.92. The normalized spacial score (nSPS) is 11.5. The first-order valence-electron chi connectivity index (χ1n) is 13.0. The lowest BCUT2D eigenvalue weighted by Crippen LogP contribution is -2.38. The molecule has 0 bridgehead atoms. The molecule has 0 aliphatic heterocycles. The number of halogens is 2. The first-order valence-corrected chi connectivity index (χ1v) is 13.7. The van der Waals surface area contributed by atoms with Gasteiger partial charge in [-0.15, -0.1) is 0 Å². The van der Waals surface area contributed by atoms with Crippen molar-refractivity contribution in [3.05, 3.63) is 98.0 Å². The number of aryl methyl sites for hydroxylation is 1. The number of nitro groups is 1. The third-order valence-electron chi connectivity index (χ3n) is 6.05. The fraction of sp³-hybridized carbons (Fsp3) is 0.310. The van der Waals surface area contributed by atoms with Crippen molar-refractivity contribution in [3.63, 3.8) is 0 Å². The van der Waals surface area contributed by atoms with Gasteiger partial charge in [0.2, 0.25) is 0 Å². The lowest BCUT2D eigenvalue weighted by molar-refractivity contribution is -0.384. The fourth-order valence-electron chi connectivity index (χ4n) is 4.04. The molecule has 0 radical (unpaired) electrons. The van der Waals surface area contributed by atoms with Crippen LogP contribution >= 0.6 is 23.2 Å². The highest BCUT2D eigenvalue weighted by Gasteiger charge is 2.18. The topological polar surface area (TPSA) is 131 Å². The number of benzene rings is 3. The number of nitrogens with one attached hydrogen (secondary N) is 1. The van der Waals surface area contributed by atoms with E-state index < -0.39 is 17.0 Å². The number of non-ortho nitro benzene ring substituents is 1. The van der Waals surface area contributed by atoms with Gasteiger partial charge in [-0.2, -0.15) is 0 Å². The molecule has 1 unspecified atom stereocenters. The van der Waals surface area contributed by atoms with Gasteiger partial charge in [0, 0.05) is 47.4 Å². The van der Waals surface area contributed by atoms with Crippen molar-refractivity contribution in [2.24, 2.45) is 0 Å². The Morgan fingerprint density at radius 1 is 1.00 bits per heavy atom. The van der Waals surface area contributed by atoms with Crippen molar-refractivity contribution < 1.29 is 29.1 Å². The number of hydrogen-bond donors (Lipinski definition) is 2. The highest BCUT2D eigenvalue weighted by atomic mass is 35.5. The second-order valence-corrected chi connectivity index (χ2v) is 9.95. The van der Waals surface area contributed by atoms with Gasteiger partial charge in [0.25, 0.3) is 5.69 Å². The number of carboxylic acids is 1. The van der Waals surface area contributed by atoms with Crippen molar-refractivity contribution in [1.29, 1.82) is 0 Å². The first-order chi connectivity index (χ1) is 19.6. The minimum absolute atomic E-state index is 0.0733. The molecule has 0 saturated heterocycles. The van der Waals surface area contributed by atoms with Crippen molar-refractivity contribution in [1.82, 2.24) is 4.90 Å². The second kappa shape index (κ2) is 15.8. The number of hydrogen-bond acceptors (Lipinski definition) is 6. The molecule has 2 amide bonds. The molecule has 3 aromatic rings. The fourth-order valence-corrected chi connectivity index (χ4v) is 4.61. The van der Waals surface area contributed by atoms with Gasteiger partial charge in [-0.1, -0.05) is 35.3 Å². The molecule has 218 valence electrons. The quantitative estimate of drug-likeness (QED) is 0.150. The molecule has 12 heteroatoms. The molecule has 3 rings (SSSR count). The maximum Gasteiger partial charge on any atom is 0.333 e. The monoisotopic (exact) mass is 603 g/mol. The molecule has 0 fully saturated rings. The number of carbonyl (C=O) groups is 2. The standard InChI is InChI=1S/C29H31Cl2N3O7/c1-2-40-27(28(35)36)18-20-5-11-26(12-6-20)41-15-14-33(13-3-4-21-16-22(30)19-23(31)17-21)29(37)32-24-7-9-25(10-8-24)34(38)39/h5-12,16-17,19,27H,2-4,13-15,18H2,1H3,(H,32,37)(H,35,36). The van der Waals surface area contributed by atoms with Crippen LogP contribution < -0.4 is 10.1 Å². The van der Waals surface area contributed by atoms with Crippen LogP contribution in [0.1, 0.15) is 24.5 Å². The summed E-state index contributed by atoms with van der Waals surface area (Å²) in [5.74, 6) is -0.445. The van der Waals surface area contributed by atoms with E-state index in [9.17, 15) is 24.8 Å². The molecule has 0 aromatic heterocycles. The van der Waals surface area contributed by atoms with Crippen LogP contribution in [0.2, 0.25) is 10.0 Å². The van der Waals surface area contributed by atoms with Crippen LogP contribution in [0.3, 0.4) is 0 Å². The zero-order valence-electron chi connectivity index (χ0n) is 22.4. The second-order valence-electron chi connectivity index (χ2n) is 9.08. The first kappa shape index (κ1) is 31.7. The molecule has 0 spiro atoms. The summed E-state index contributed by atoms with van der Waals surface area (Å²) in [6.07, 6.45) is 0.586. The highest BCUT2D eigenvalue weighted by molar-refractivity contribution is 6.34. The number of ether oxygens (including phenoxy) is 2. The van der Waals surface area contributed by atoms with E-state index in [2.05, 4.69) is 5.32 Å². The Hall–Kier alpha value is -3.86. The number of rotatable bonds is 15. The van der Waals surface area contributed by atoms with Crippen LogP contribution in [-0.2, 0) is 22.4 Å². The summed E-state index contributed by atoms with van der Waals surface area (Å²) in [5.41, 5.74) is 2.10. The number of aliphatic carboxylic acids is 1. The molecule has 41 heavy (non-hydrogen) atoms. The van der Waals surface area contributed by atoms with E-state index in [0.717, 1.165) is 11.1 Å². The summed E-state index contributed by atoms with van der Waals surface area (Å²) < 4.78 is 11.1. The maximum absolute atomic E-state index is 13.1. The van der Waals surface area contributed by atoms with Gasteiger partial charge in [0.05, 0.1) is 11.5 Å². The predicted molar refractivity (Wildman–Crippen MR) is 157 cm³/mol. The van der Waals surface area contributed by atoms with E-state index >= 15 is 0 Å². The molecule has 3 aromatic carbocycles. The SMILES string of the molecule is CCOC(Cc1ccc(OCCN(CCCc2cc(Cl)cc(Cl)c2)C(=O)Nc2ccc([N+](=O)[O-])cc2)cc1)C(=O)O. The third-order valence-corrected chi connectivity index (χ3v) is 6.49. The number of anilines is 1. The van der Waals surface area contributed by atoms with Gasteiger partial charge in [-0.05, 0) is 73.4 Å². The Morgan fingerprint density at radius 3 is 2.24 bits per heavy atom. The molecule has 2 N–H and O–H groups in total. The average molecular weight is 604 g/mol. The predicted octanol–water partition coefficient (Wildman–Crippen LogP) is 6.48. The van der Waals surface area contributed by atoms with E-state index in [-0.39, 0.29) is 31.3 Å². The van der Waals surface area contributed by atoms with E-state index in [1.54, 1.807) is 42.2 Å². The number of carbonyl (C=O) groups excluding carboxylic acids is 1. The Balaban J connectivity index is 1.60. The smallest absolute Gasteiger partial charge is 0.333 e. The van der Waals surface area contributed by atoms with Crippen molar-refractivity contribution >= 4 is 46.6 Å². The van der Waals surface area contributed by atoms with E-state index in [4.69, 9.17) is 32.7 Å². The lowest BCUT2D eigenvalue weighted by atomic mass is 10.1. The summed E-state index contributed by atoms with van der Waals surface area (Å²) in [6, 6.07) is 17.6. The van der Waals surface area contributed by atoms with Gasteiger partial charge < -0.3 is 24.8 Å². The number of nitro benzene ring substituents is 1. The Labute approximate surface area is 247 Å². The molecule has 1 atom stereocenters. The molecule has 0 aliphatic rings. The van der Waals surface area contributed by atoms with E-state index in [1.165, 1.54) is 24.3 Å². The van der Waals surface area contributed by atoms with Gasteiger partial charge >= 0.3 is 12.0 Å². The number of urea groups is 1. The van der Waals surface area contributed by atoms with Crippen LogP contribution in [0.4, 0.5) is 16.2 Å². The van der Waals surface area contributed by atoms with Crippen LogP contribution in [-0.4, -0.2) is 59.3 Å². The lowest BCUT2D eigenvalue weighted by Gasteiger charge is -2.23. The van der Waals surface area contributed by atoms with E-state index in [1.807, 2.05) is 12.1 Å². The maximum atomic E-state index is 13.1. The summed E-state index contributed by atoms with van der Waals surface area (Å²) in [5, 5.41) is 24.1. The van der Waals surface area contributed by atoms with Crippen LogP contribution in [0.5, 0.6) is 5.75 Å². The van der Waals surface area contributed by atoms with Gasteiger partial charge in [-0.25, -0.2) is 9.59 Å². The van der Waals surface area contributed by atoms with Crippen LogP contribution in [0, 0.1) is 10.1 Å². The molecular formula is C29H31Cl2N3O7. The van der Waals surface area contributed by atoms with Gasteiger partial charge in [-0.3, -0.25) is 10.1 Å². The Kier molecular flexibility index (Phi) is 12.2. The number of amides is 2. The minimum atomic E-state index is -1.02. The molecular weight excluding hydrogens is 573 g/mol. The molecule has 10 nitrogen and oxygen atoms in total. The minimum Gasteiger partial charge on any atom is -0.492 e. The van der Waals surface area contributed by atoms with Crippen molar-refractivity contribution in [2.45, 2.75) is 32.3 Å². The van der Waals surface area contributed by atoms with Crippen molar-refractivity contribution in [3.8, 4) is 5.75 Å².